The predicted octanol–water partition coefficient (Wildman–Crippen LogP) is 3.43. The van der Waals surface area contributed by atoms with Gasteiger partial charge >= 0.3 is 0 Å². The number of aliphatic hydroxyl groups is 1. The lowest BCUT2D eigenvalue weighted by molar-refractivity contribution is -0.141. The Bertz CT molecular complexity index is 1150. The minimum atomic E-state index is -0.749. The zero-order valence-electron chi connectivity index (χ0n) is 19.8. The first-order chi connectivity index (χ1) is 16.2. The van der Waals surface area contributed by atoms with Crippen molar-refractivity contribution >= 4 is 23.2 Å². The fraction of sp³-hybridized carbons (Fsp3) is 0.440. The van der Waals surface area contributed by atoms with Crippen molar-refractivity contribution in [1.82, 2.24) is 20.2 Å². The molecule has 0 bridgehead atoms. The van der Waals surface area contributed by atoms with Gasteiger partial charge in [0.25, 0.3) is 0 Å². The van der Waals surface area contributed by atoms with Gasteiger partial charge in [-0.3, -0.25) is 9.59 Å². The van der Waals surface area contributed by atoms with Crippen LogP contribution in [0.5, 0.6) is 0 Å². The van der Waals surface area contributed by atoms with E-state index in [0.717, 1.165) is 21.7 Å². The summed E-state index contributed by atoms with van der Waals surface area (Å²) in [6, 6.07) is 7.24. The number of amides is 2. The maximum absolute atomic E-state index is 13.4. The Morgan fingerprint density at radius 2 is 1.97 bits per heavy atom. The Morgan fingerprint density at radius 1 is 1.24 bits per heavy atom. The van der Waals surface area contributed by atoms with Crippen molar-refractivity contribution in [2.24, 2.45) is 5.92 Å². The molecule has 0 radical (unpaired) electrons. The molecule has 0 spiro atoms. The molecule has 0 saturated carbocycles. The Balaban J connectivity index is 1.43. The van der Waals surface area contributed by atoms with Crippen molar-refractivity contribution in [2.45, 2.75) is 58.7 Å². The van der Waals surface area contributed by atoms with E-state index in [4.69, 9.17) is 4.42 Å². The van der Waals surface area contributed by atoms with Crippen LogP contribution in [0.15, 0.2) is 40.4 Å². The molecule has 3 atom stereocenters. The first-order valence-corrected chi connectivity index (χ1v) is 12.3. The molecule has 9 heteroatoms. The number of likely N-dealkylation sites (tertiary alicyclic amines) is 1. The number of carbonyl (C=O) groups is 2. The molecule has 2 N–H and O–H groups in total. The van der Waals surface area contributed by atoms with Crippen LogP contribution in [0.1, 0.15) is 49.1 Å². The maximum Gasteiger partial charge on any atom is 0.243 e. The Labute approximate surface area is 203 Å². The summed E-state index contributed by atoms with van der Waals surface area (Å²) in [5, 5.41) is 13.2. The second kappa shape index (κ2) is 10.1. The normalized spacial score (nSPS) is 18.9. The molecular weight excluding hydrogens is 452 g/mol. The molecule has 3 aromatic rings. The molecule has 180 valence electrons. The lowest BCUT2D eigenvalue weighted by Crippen LogP contribution is -2.48. The number of β-amino-alcohol motifs (C(OH)–C–C–N with tert-alkyl or cyclic N) is 1. The molecular formula is C25H30N4O4S. The molecule has 1 unspecified atom stereocenters. The third-order valence-electron chi connectivity index (χ3n) is 6.13. The van der Waals surface area contributed by atoms with Crippen LogP contribution in [0.4, 0.5) is 0 Å². The summed E-state index contributed by atoms with van der Waals surface area (Å²) < 4.78 is 5.63. The quantitative estimate of drug-likeness (QED) is 0.534. The predicted molar refractivity (Wildman–Crippen MR) is 129 cm³/mol. The average Bonchev–Trinajstić information content (AvgIpc) is 3.52. The van der Waals surface area contributed by atoms with Crippen LogP contribution < -0.4 is 5.32 Å². The number of aryl methyl sites for hydroxylation is 2. The molecule has 34 heavy (non-hydrogen) atoms. The van der Waals surface area contributed by atoms with Gasteiger partial charge in [0.05, 0.1) is 28.4 Å². The number of oxazole rings is 1. The van der Waals surface area contributed by atoms with E-state index < -0.39 is 18.1 Å². The largest absolute Gasteiger partial charge is 0.445 e. The lowest BCUT2D eigenvalue weighted by Gasteiger charge is -2.28. The van der Waals surface area contributed by atoms with Crippen LogP contribution in [0.25, 0.3) is 10.4 Å². The summed E-state index contributed by atoms with van der Waals surface area (Å²) in [5.74, 6) is -0.254. The van der Waals surface area contributed by atoms with Gasteiger partial charge < -0.3 is 19.7 Å². The highest BCUT2D eigenvalue weighted by molar-refractivity contribution is 7.13. The summed E-state index contributed by atoms with van der Waals surface area (Å²) in [7, 11) is 0. The van der Waals surface area contributed by atoms with Gasteiger partial charge in [0.15, 0.2) is 0 Å². The van der Waals surface area contributed by atoms with E-state index in [9.17, 15) is 14.7 Å². The van der Waals surface area contributed by atoms with Gasteiger partial charge in [0.2, 0.25) is 17.7 Å². The van der Waals surface area contributed by atoms with E-state index in [-0.39, 0.29) is 30.7 Å². The average molecular weight is 483 g/mol. The Kier molecular flexibility index (Phi) is 7.13. The molecule has 1 aliphatic rings. The molecule has 4 rings (SSSR count). The maximum atomic E-state index is 13.4. The number of thiazole rings is 1. The molecule has 2 amide bonds. The van der Waals surface area contributed by atoms with Crippen LogP contribution >= 0.6 is 11.3 Å². The van der Waals surface area contributed by atoms with Crippen LogP contribution in [0, 0.1) is 19.8 Å². The van der Waals surface area contributed by atoms with Crippen molar-refractivity contribution in [3.05, 3.63) is 58.9 Å². The summed E-state index contributed by atoms with van der Waals surface area (Å²) in [6.45, 7) is 8.04. The highest BCUT2D eigenvalue weighted by atomic mass is 32.1. The van der Waals surface area contributed by atoms with Crippen LogP contribution in [-0.4, -0.2) is 50.5 Å². The molecule has 1 aromatic carbocycles. The monoisotopic (exact) mass is 482 g/mol. The Hall–Kier alpha value is -3.04. The van der Waals surface area contributed by atoms with Crippen molar-refractivity contribution in [1.29, 1.82) is 0 Å². The smallest absolute Gasteiger partial charge is 0.243 e. The second-order valence-electron chi connectivity index (χ2n) is 9.11. The number of hydrogen-bond donors (Lipinski definition) is 2. The summed E-state index contributed by atoms with van der Waals surface area (Å²) in [6.07, 6.45) is 1.04. The number of benzene rings is 1. The molecule has 8 nitrogen and oxygen atoms in total. The van der Waals surface area contributed by atoms with Gasteiger partial charge in [-0.25, -0.2) is 9.97 Å². The number of aromatic nitrogens is 2. The first-order valence-electron chi connectivity index (χ1n) is 11.4. The molecule has 1 fully saturated rings. The summed E-state index contributed by atoms with van der Waals surface area (Å²) >= 11 is 1.60. The standard InChI is InChI=1S/C25H30N4O4S/c1-14(2)21(24-27-10-15(3)33-24)25(32)29-12-19(30)9-20(29)23(31)26-11-17-5-7-18(8-6-17)22-16(4)28-13-34-22/h5-8,10,13-14,19-21,30H,9,11-12H2,1-4H3,(H,26,31)/t19-,20+,21?/m1/s1. The van der Waals surface area contributed by atoms with E-state index in [0.29, 0.717) is 18.2 Å². The lowest BCUT2D eigenvalue weighted by atomic mass is 9.93. The van der Waals surface area contributed by atoms with Crippen molar-refractivity contribution in [2.75, 3.05) is 6.54 Å². The minimum absolute atomic E-state index is 0.0762. The van der Waals surface area contributed by atoms with Crippen molar-refractivity contribution < 1.29 is 19.1 Å². The number of hydrogen-bond acceptors (Lipinski definition) is 7. The van der Waals surface area contributed by atoms with Crippen molar-refractivity contribution in [3.8, 4) is 10.4 Å². The zero-order chi connectivity index (χ0) is 24.4. The molecule has 0 aliphatic carbocycles. The molecule has 2 aromatic heterocycles. The third-order valence-corrected chi connectivity index (χ3v) is 7.11. The molecule has 3 heterocycles. The summed E-state index contributed by atoms with van der Waals surface area (Å²) in [5.41, 5.74) is 4.86. The fourth-order valence-corrected chi connectivity index (χ4v) is 5.15. The van der Waals surface area contributed by atoms with Gasteiger partial charge in [-0.05, 0) is 30.9 Å². The fourth-order valence-electron chi connectivity index (χ4n) is 4.34. The highest BCUT2D eigenvalue weighted by Crippen LogP contribution is 2.31. The van der Waals surface area contributed by atoms with E-state index in [1.54, 1.807) is 24.5 Å². The van der Waals surface area contributed by atoms with Crippen molar-refractivity contribution in [3.63, 3.8) is 0 Å². The minimum Gasteiger partial charge on any atom is -0.445 e. The number of nitrogens with zero attached hydrogens (tertiary/aromatic N) is 3. The van der Waals surface area contributed by atoms with Crippen LogP contribution in [0.3, 0.4) is 0 Å². The summed E-state index contributed by atoms with van der Waals surface area (Å²) in [4.78, 5) is 37.6. The van der Waals surface area contributed by atoms with Crippen LogP contribution in [-0.2, 0) is 16.1 Å². The highest BCUT2D eigenvalue weighted by Gasteiger charge is 2.43. The number of rotatable bonds is 7. The van der Waals surface area contributed by atoms with E-state index in [1.807, 2.05) is 50.5 Å². The topological polar surface area (TPSA) is 109 Å². The van der Waals surface area contributed by atoms with Gasteiger partial charge in [-0.15, -0.1) is 11.3 Å². The molecule has 1 aliphatic heterocycles. The Morgan fingerprint density at radius 3 is 2.56 bits per heavy atom. The van der Waals surface area contributed by atoms with Gasteiger partial charge in [-0.2, -0.15) is 0 Å². The van der Waals surface area contributed by atoms with E-state index >= 15 is 0 Å². The SMILES string of the molecule is Cc1cnc(C(C(=O)N2C[C@H](O)C[C@H]2C(=O)NCc2ccc(-c3scnc3C)cc2)C(C)C)o1. The zero-order valence-corrected chi connectivity index (χ0v) is 20.6. The second-order valence-corrected chi connectivity index (χ2v) is 9.96. The number of carbonyl (C=O) groups excluding carboxylic acids is 2. The first kappa shape index (κ1) is 24.1. The van der Waals surface area contributed by atoms with Gasteiger partial charge in [0, 0.05) is 19.5 Å². The van der Waals surface area contributed by atoms with Crippen LogP contribution in [0.2, 0.25) is 0 Å². The van der Waals surface area contributed by atoms with Gasteiger partial charge in [-0.1, -0.05) is 38.1 Å². The molecule has 1 saturated heterocycles. The number of aliphatic hydroxyl groups excluding tert-OH is 1. The number of nitrogens with one attached hydrogen (secondary N) is 1. The van der Waals surface area contributed by atoms with E-state index in [1.165, 1.54) is 4.90 Å². The third kappa shape index (κ3) is 5.05. The van der Waals surface area contributed by atoms with E-state index in [2.05, 4.69) is 15.3 Å². The van der Waals surface area contributed by atoms with Gasteiger partial charge in [0.1, 0.15) is 17.7 Å².